The van der Waals surface area contributed by atoms with E-state index in [2.05, 4.69) is 20.6 Å². The Morgan fingerprint density at radius 2 is 1.90 bits per heavy atom. The molecule has 158 valence electrons. The first kappa shape index (κ1) is 21.4. The second-order valence-electron chi connectivity index (χ2n) is 7.55. The van der Waals surface area contributed by atoms with Gasteiger partial charge in [0.1, 0.15) is 6.26 Å². The van der Waals surface area contributed by atoms with E-state index in [9.17, 15) is 0 Å². The van der Waals surface area contributed by atoms with Crippen LogP contribution in [0, 0.1) is 0 Å². The molecule has 6 heteroatoms. The number of rotatable bonds is 9. The van der Waals surface area contributed by atoms with Crippen LogP contribution in [0.3, 0.4) is 0 Å². The molecule has 1 aliphatic carbocycles. The van der Waals surface area contributed by atoms with Crippen molar-refractivity contribution in [2.24, 2.45) is 4.99 Å². The summed E-state index contributed by atoms with van der Waals surface area (Å²) in [6, 6.07) is 9.91. The highest BCUT2D eigenvalue weighted by Crippen LogP contribution is 2.20. The van der Waals surface area contributed by atoms with Crippen LogP contribution in [0.1, 0.15) is 57.1 Å². The number of hydrogen-bond acceptors (Lipinski definition) is 4. The molecule has 0 atom stereocenters. The van der Waals surface area contributed by atoms with E-state index in [-0.39, 0.29) is 0 Å². The van der Waals surface area contributed by atoms with Crippen LogP contribution in [0.4, 0.5) is 0 Å². The normalized spacial score (nSPS) is 15.8. The van der Waals surface area contributed by atoms with Gasteiger partial charge in [0.15, 0.2) is 5.96 Å². The molecule has 0 saturated heterocycles. The topological polar surface area (TPSA) is 71.7 Å². The zero-order chi connectivity index (χ0) is 20.2. The van der Waals surface area contributed by atoms with Gasteiger partial charge >= 0.3 is 0 Å². The predicted octanol–water partition coefficient (Wildman–Crippen LogP) is 4.53. The van der Waals surface area contributed by atoms with Crippen molar-refractivity contribution in [1.82, 2.24) is 15.6 Å². The van der Waals surface area contributed by atoms with Gasteiger partial charge in [0.2, 0.25) is 5.89 Å². The number of nitrogens with one attached hydrogen (secondary N) is 2. The molecule has 3 rings (SSSR count). The lowest BCUT2D eigenvalue weighted by molar-refractivity contribution is 0.0411. The molecule has 1 heterocycles. The number of benzene rings is 1. The van der Waals surface area contributed by atoms with Crippen LogP contribution in [0.25, 0.3) is 11.5 Å². The summed E-state index contributed by atoms with van der Waals surface area (Å²) in [4.78, 5) is 8.80. The van der Waals surface area contributed by atoms with E-state index in [4.69, 9.17) is 9.15 Å². The van der Waals surface area contributed by atoms with Gasteiger partial charge in [-0.05, 0) is 37.8 Å². The Morgan fingerprint density at radius 3 is 2.66 bits per heavy atom. The molecule has 2 N–H and O–H groups in total. The van der Waals surface area contributed by atoms with Gasteiger partial charge in [-0.1, -0.05) is 43.9 Å². The monoisotopic (exact) mass is 398 g/mol. The maximum absolute atomic E-state index is 6.05. The number of hydrogen-bond donors (Lipinski definition) is 2. The Balaban J connectivity index is 1.29. The minimum Gasteiger partial charge on any atom is -0.444 e. The number of nitrogens with zero attached hydrogens (tertiary/aromatic N) is 2. The summed E-state index contributed by atoms with van der Waals surface area (Å²) in [5.41, 5.74) is 1.83. The first-order valence-electron chi connectivity index (χ1n) is 10.9. The van der Waals surface area contributed by atoms with Crippen LogP contribution in [0.2, 0.25) is 0 Å². The lowest BCUT2D eigenvalue weighted by Crippen LogP contribution is -2.37. The first-order chi connectivity index (χ1) is 14.3. The van der Waals surface area contributed by atoms with Crippen LogP contribution in [0.5, 0.6) is 0 Å². The molecule has 0 spiro atoms. The third-order valence-corrected chi connectivity index (χ3v) is 5.25. The van der Waals surface area contributed by atoms with Gasteiger partial charge in [0.05, 0.1) is 18.3 Å². The summed E-state index contributed by atoms with van der Waals surface area (Å²) in [5, 5.41) is 6.64. The molecule has 6 nitrogen and oxygen atoms in total. The van der Waals surface area contributed by atoms with Crippen molar-refractivity contribution in [2.45, 2.75) is 64.0 Å². The number of unbranched alkanes of at least 4 members (excludes halogenated alkanes) is 1. The van der Waals surface area contributed by atoms with Gasteiger partial charge in [-0.2, -0.15) is 0 Å². The SMILES string of the molecule is CN=C(NCCCCOC1CCCCCC1)NCc1coc(-c2ccccc2)n1. The Bertz CT molecular complexity index is 721. The second-order valence-corrected chi connectivity index (χ2v) is 7.55. The van der Waals surface area contributed by atoms with Crippen molar-refractivity contribution in [3.63, 3.8) is 0 Å². The van der Waals surface area contributed by atoms with Crippen molar-refractivity contribution < 1.29 is 9.15 Å². The summed E-state index contributed by atoms with van der Waals surface area (Å²) < 4.78 is 11.6. The molecule has 1 aromatic carbocycles. The zero-order valence-electron chi connectivity index (χ0n) is 17.5. The summed E-state index contributed by atoms with van der Waals surface area (Å²) in [5.74, 6) is 1.41. The van der Waals surface area contributed by atoms with Crippen molar-refractivity contribution >= 4 is 5.96 Å². The average Bonchev–Trinajstić information content (AvgIpc) is 3.09. The van der Waals surface area contributed by atoms with Gasteiger partial charge in [-0.3, -0.25) is 4.99 Å². The number of aliphatic imine (C=N–C) groups is 1. The first-order valence-corrected chi connectivity index (χ1v) is 10.9. The molecule has 1 fully saturated rings. The quantitative estimate of drug-likeness (QED) is 0.281. The number of ether oxygens (including phenoxy) is 1. The highest BCUT2D eigenvalue weighted by Gasteiger charge is 2.12. The number of guanidine groups is 1. The van der Waals surface area contributed by atoms with Crippen molar-refractivity contribution in [3.8, 4) is 11.5 Å². The lowest BCUT2D eigenvalue weighted by Gasteiger charge is -2.15. The van der Waals surface area contributed by atoms with E-state index in [1.165, 1.54) is 38.5 Å². The van der Waals surface area contributed by atoms with Crippen LogP contribution in [-0.2, 0) is 11.3 Å². The molecule has 1 saturated carbocycles. The molecule has 0 bridgehead atoms. The van der Waals surface area contributed by atoms with Gasteiger partial charge < -0.3 is 19.8 Å². The summed E-state index contributed by atoms with van der Waals surface area (Å²) in [7, 11) is 1.78. The fourth-order valence-electron chi connectivity index (χ4n) is 3.59. The Morgan fingerprint density at radius 1 is 1.10 bits per heavy atom. The second kappa shape index (κ2) is 12.3. The molecule has 2 aromatic rings. The van der Waals surface area contributed by atoms with Gasteiger partial charge in [0, 0.05) is 25.8 Å². The summed E-state index contributed by atoms with van der Waals surface area (Å²) in [6.07, 6.45) is 12.2. The average molecular weight is 399 g/mol. The molecular formula is C23H34N4O2. The molecule has 29 heavy (non-hydrogen) atoms. The van der Waals surface area contributed by atoms with Crippen molar-refractivity contribution in [2.75, 3.05) is 20.2 Å². The molecule has 1 aromatic heterocycles. The maximum Gasteiger partial charge on any atom is 0.226 e. The lowest BCUT2D eigenvalue weighted by atomic mass is 10.1. The van der Waals surface area contributed by atoms with E-state index < -0.39 is 0 Å². The van der Waals surface area contributed by atoms with Gasteiger partial charge in [-0.25, -0.2) is 4.98 Å². The van der Waals surface area contributed by atoms with Gasteiger partial charge in [-0.15, -0.1) is 0 Å². The summed E-state index contributed by atoms with van der Waals surface area (Å²) >= 11 is 0. The van der Waals surface area contributed by atoms with E-state index in [0.717, 1.165) is 43.2 Å². The smallest absolute Gasteiger partial charge is 0.226 e. The van der Waals surface area contributed by atoms with Crippen molar-refractivity contribution in [1.29, 1.82) is 0 Å². The standard InChI is InChI=1S/C23H34N4O2/c1-24-23(25-15-9-10-16-28-21-13-7-2-3-8-14-21)26-17-20-18-29-22(27-20)19-11-5-4-6-12-19/h4-6,11-12,18,21H,2-3,7-10,13-17H2,1H3,(H2,24,25,26). The molecule has 0 aliphatic heterocycles. The third kappa shape index (κ3) is 7.54. The fraction of sp³-hybridized carbons (Fsp3) is 0.565. The summed E-state index contributed by atoms with van der Waals surface area (Å²) in [6.45, 7) is 2.31. The zero-order valence-corrected chi connectivity index (χ0v) is 17.5. The predicted molar refractivity (Wildman–Crippen MR) is 117 cm³/mol. The molecule has 0 radical (unpaired) electrons. The number of aromatic nitrogens is 1. The maximum atomic E-state index is 6.05. The van der Waals surface area contributed by atoms with E-state index in [1.807, 2.05) is 30.3 Å². The molecule has 0 amide bonds. The van der Waals surface area contributed by atoms with E-state index >= 15 is 0 Å². The minimum absolute atomic E-state index is 0.489. The van der Waals surface area contributed by atoms with Gasteiger partial charge in [0.25, 0.3) is 0 Å². The molecular weight excluding hydrogens is 364 g/mol. The fourth-order valence-corrected chi connectivity index (χ4v) is 3.59. The Labute approximate surface area is 174 Å². The molecule has 1 aliphatic rings. The molecule has 0 unspecified atom stereocenters. The van der Waals surface area contributed by atoms with Crippen LogP contribution in [0.15, 0.2) is 46.0 Å². The van der Waals surface area contributed by atoms with E-state index in [1.54, 1.807) is 13.3 Å². The minimum atomic E-state index is 0.489. The highest BCUT2D eigenvalue weighted by atomic mass is 16.5. The Kier molecular flexibility index (Phi) is 9.04. The van der Waals surface area contributed by atoms with Crippen molar-refractivity contribution in [3.05, 3.63) is 42.3 Å². The highest BCUT2D eigenvalue weighted by molar-refractivity contribution is 5.79. The Hall–Kier alpha value is -2.34. The number of oxazole rings is 1. The van der Waals surface area contributed by atoms with Crippen LogP contribution < -0.4 is 10.6 Å². The third-order valence-electron chi connectivity index (χ3n) is 5.25. The van der Waals surface area contributed by atoms with Crippen LogP contribution >= 0.6 is 0 Å². The largest absolute Gasteiger partial charge is 0.444 e. The van der Waals surface area contributed by atoms with E-state index in [0.29, 0.717) is 18.5 Å². The van der Waals surface area contributed by atoms with Crippen LogP contribution in [-0.4, -0.2) is 37.2 Å².